The third kappa shape index (κ3) is 4.99. The molecule has 3 rings (SSSR count). The molecule has 136 valence electrons. The van der Waals surface area contributed by atoms with Crippen LogP contribution >= 0.6 is 0 Å². The molecule has 0 fully saturated rings. The fourth-order valence-electron chi connectivity index (χ4n) is 2.61. The standard InChI is InChI=1S/C20H22N2O4/c1-14-2-4-15(5-3-14)6-9-19(23)21-13-20(24)22-16-7-8-17-18(12-16)26-11-10-25-17/h2-5,7-8,12H,6,9-11,13H2,1H3,(H,21,23)(H,22,24). The van der Waals surface area contributed by atoms with Gasteiger partial charge in [-0.3, -0.25) is 9.59 Å². The highest BCUT2D eigenvalue weighted by Gasteiger charge is 2.13. The molecule has 26 heavy (non-hydrogen) atoms. The Morgan fingerprint density at radius 1 is 0.962 bits per heavy atom. The first-order valence-corrected chi connectivity index (χ1v) is 8.62. The number of hydrogen-bond donors (Lipinski definition) is 2. The minimum absolute atomic E-state index is 0.0683. The smallest absolute Gasteiger partial charge is 0.243 e. The van der Waals surface area contributed by atoms with Crippen molar-refractivity contribution < 1.29 is 19.1 Å². The van der Waals surface area contributed by atoms with Crippen LogP contribution in [0.1, 0.15) is 17.5 Å². The molecule has 0 aromatic heterocycles. The molecule has 2 N–H and O–H groups in total. The summed E-state index contributed by atoms with van der Waals surface area (Å²) in [5.74, 6) is 0.836. The second-order valence-electron chi connectivity index (χ2n) is 6.17. The molecule has 6 heteroatoms. The molecule has 0 spiro atoms. The zero-order chi connectivity index (χ0) is 18.4. The molecule has 1 aliphatic rings. The molecule has 0 saturated carbocycles. The average Bonchev–Trinajstić information content (AvgIpc) is 2.66. The van der Waals surface area contributed by atoms with Gasteiger partial charge in [-0.15, -0.1) is 0 Å². The molecule has 1 heterocycles. The Bertz CT molecular complexity index is 787. The first-order valence-electron chi connectivity index (χ1n) is 8.62. The van der Waals surface area contributed by atoms with Crippen LogP contribution in [0, 0.1) is 6.92 Å². The van der Waals surface area contributed by atoms with Crippen LogP contribution in [0.5, 0.6) is 11.5 Å². The zero-order valence-electron chi connectivity index (χ0n) is 14.7. The number of ether oxygens (including phenoxy) is 2. The quantitative estimate of drug-likeness (QED) is 0.835. The van der Waals surface area contributed by atoms with Gasteiger partial charge in [0.2, 0.25) is 11.8 Å². The highest BCUT2D eigenvalue weighted by atomic mass is 16.6. The van der Waals surface area contributed by atoms with Crippen molar-refractivity contribution in [1.29, 1.82) is 0 Å². The molecular weight excluding hydrogens is 332 g/mol. The fourth-order valence-corrected chi connectivity index (χ4v) is 2.61. The van der Waals surface area contributed by atoms with Crippen LogP contribution in [0.4, 0.5) is 5.69 Å². The third-order valence-corrected chi connectivity index (χ3v) is 4.03. The van der Waals surface area contributed by atoms with Gasteiger partial charge in [0.25, 0.3) is 0 Å². The highest BCUT2D eigenvalue weighted by Crippen LogP contribution is 2.32. The summed E-state index contributed by atoms with van der Waals surface area (Å²) in [6.45, 7) is 2.97. The number of amides is 2. The Balaban J connectivity index is 1.42. The maximum absolute atomic E-state index is 12.0. The molecule has 2 aromatic carbocycles. The lowest BCUT2D eigenvalue weighted by Gasteiger charge is -2.19. The van der Waals surface area contributed by atoms with Gasteiger partial charge >= 0.3 is 0 Å². The van der Waals surface area contributed by atoms with Crippen LogP contribution in [0.25, 0.3) is 0 Å². The molecule has 2 aromatic rings. The Labute approximate surface area is 152 Å². The first-order chi connectivity index (χ1) is 12.6. The van der Waals surface area contributed by atoms with E-state index in [0.29, 0.717) is 43.2 Å². The molecule has 0 saturated heterocycles. The predicted molar refractivity (Wildman–Crippen MR) is 98.6 cm³/mol. The number of hydrogen-bond acceptors (Lipinski definition) is 4. The summed E-state index contributed by atoms with van der Waals surface area (Å²) in [4.78, 5) is 23.9. The third-order valence-electron chi connectivity index (χ3n) is 4.03. The van der Waals surface area contributed by atoms with E-state index in [-0.39, 0.29) is 18.4 Å². The Morgan fingerprint density at radius 2 is 1.69 bits per heavy atom. The number of aryl methyl sites for hydroxylation is 2. The number of carbonyl (C=O) groups is 2. The SMILES string of the molecule is Cc1ccc(CCC(=O)NCC(=O)Nc2ccc3c(c2)OCCO3)cc1. The second-order valence-corrected chi connectivity index (χ2v) is 6.17. The van der Waals surface area contributed by atoms with Gasteiger partial charge in [0.1, 0.15) is 13.2 Å². The van der Waals surface area contributed by atoms with Gasteiger partial charge < -0.3 is 20.1 Å². The van der Waals surface area contributed by atoms with Gasteiger partial charge in [-0.05, 0) is 31.0 Å². The van der Waals surface area contributed by atoms with E-state index >= 15 is 0 Å². The van der Waals surface area contributed by atoms with Crippen LogP contribution in [0.2, 0.25) is 0 Å². The number of carbonyl (C=O) groups excluding carboxylic acids is 2. The van der Waals surface area contributed by atoms with Crippen molar-refractivity contribution in [3.05, 3.63) is 53.6 Å². The zero-order valence-corrected chi connectivity index (χ0v) is 14.7. The molecular formula is C20H22N2O4. The van der Waals surface area contributed by atoms with Crippen molar-refractivity contribution in [2.45, 2.75) is 19.8 Å². The van der Waals surface area contributed by atoms with E-state index in [9.17, 15) is 9.59 Å². The monoisotopic (exact) mass is 354 g/mol. The molecule has 0 unspecified atom stereocenters. The topological polar surface area (TPSA) is 76.7 Å². The normalized spacial score (nSPS) is 12.3. The van der Waals surface area contributed by atoms with Crippen molar-refractivity contribution in [2.75, 3.05) is 25.1 Å². The number of nitrogens with one attached hydrogen (secondary N) is 2. The largest absolute Gasteiger partial charge is 0.486 e. The molecule has 0 atom stereocenters. The van der Waals surface area contributed by atoms with Gasteiger partial charge in [-0.25, -0.2) is 0 Å². The maximum Gasteiger partial charge on any atom is 0.243 e. The van der Waals surface area contributed by atoms with Crippen LogP contribution in [-0.4, -0.2) is 31.6 Å². The van der Waals surface area contributed by atoms with Crippen LogP contribution in [-0.2, 0) is 16.0 Å². The van der Waals surface area contributed by atoms with E-state index in [4.69, 9.17) is 9.47 Å². The van der Waals surface area contributed by atoms with E-state index in [0.717, 1.165) is 5.56 Å². The van der Waals surface area contributed by atoms with E-state index in [1.54, 1.807) is 18.2 Å². The Hall–Kier alpha value is -3.02. The molecule has 0 aliphatic carbocycles. The summed E-state index contributed by atoms with van der Waals surface area (Å²) in [5.41, 5.74) is 2.90. The van der Waals surface area contributed by atoms with Gasteiger partial charge in [-0.1, -0.05) is 29.8 Å². The first kappa shape index (κ1) is 17.8. The van der Waals surface area contributed by atoms with Gasteiger partial charge in [0, 0.05) is 18.2 Å². The number of benzene rings is 2. The Morgan fingerprint density at radius 3 is 2.46 bits per heavy atom. The Kier molecular flexibility index (Phi) is 5.73. The molecule has 6 nitrogen and oxygen atoms in total. The molecule has 2 amide bonds. The van der Waals surface area contributed by atoms with Crippen LogP contribution < -0.4 is 20.1 Å². The number of anilines is 1. The molecule has 0 radical (unpaired) electrons. The van der Waals surface area contributed by atoms with E-state index in [1.807, 2.05) is 31.2 Å². The summed E-state index contributed by atoms with van der Waals surface area (Å²) in [6.07, 6.45) is 0.996. The van der Waals surface area contributed by atoms with E-state index < -0.39 is 0 Å². The van der Waals surface area contributed by atoms with Crippen LogP contribution in [0.15, 0.2) is 42.5 Å². The van der Waals surface area contributed by atoms with Crippen LogP contribution in [0.3, 0.4) is 0 Å². The van der Waals surface area contributed by atoms with E-state index in [2.05, 4.69) is 10.6 Å². The lowest BCUT2D eigenvalue weighted by atomic mass is 10.1. The van der Waals surface area contributed by atoms with Gasteiger partial charge in [0.05, 0.1) is 6.54 Å². The highest BCUT2D eigenvalue weighted by molar-refractivity contribution is 5.94. The van der Waals surface area contributed by atoms with Crippen molar-refractivity contribution in [3.8, 4) is 11.5 Å². The second kappa shape index (κ2) is 8.38. The van der Waals surface area contributed by atoms with Crippen molar-refractivity contribution in [1.82, 2.24) is 5.32 Å². The van der Waals surface area contributed by atoms with Crippen molar-refractivity contribution >= 4 is 17.5 Å². The summed E-state index contributed by atoms with van der Waals surface area (Å²) < 4.78 is 10.9. The summed E-state index contributed by atoms with van der Waals surface area (Å²) >= 11 is 0. The summed E-state index contributed by atoms with van der Waals surface area (Å²) in [5, 5.41) is 5.38. The molecule has 0 bridgehead atoms. The predicted octanol–water partition coefficient (Wildman–Crippen LogP) is 2.45. The minimum atomic E-state index is -0.287. The summed E-state index contributed by atoms with van der Waals surface area (Å²) in [6, 6.07) is 13.3. The minimum Gasteiger partial charge on any atom is -0.486 e. The number of rotatable bonds is 6. The number of fused-ring (bicyclic) bond motifs is 1. The van der Waals surface area contributed by atoms with E-state index in [1.165, 1.54) is 5.56 Å². The summed E-state index contributed by atoms with van der Waals surface area (Å²) in [7, 11) is 0. The maximum atomic E-state index is 12.0. The van der Waals surface area contributed by atoms with Crippen molar-refractivity contribution in [2.24, 2.45) is 0 Å². The lowest BCUT2D eigenvalue weighted by Crippen LogP contribution is -2.33. The fraction of sp³-hybridized carbons (Fsp3) is 0.300. The molecule has 1 aliphatic heterocycles. The average molecular weight is 354 g/mol. The van der Waals surface area contributed by atoms with Gasteiger partial charge in [-0.2, -0.15) is 0 Å². The van der Waals surface area contributed by atoms with Gasteiger partial charge in [0.15, 0.2) is 11.5 Å². The lowest BCUT2D eigenvalue weighted by molar-refractivity contribution is -0.124. The van der Waals surface area contributed by atoms with Crippen molar-refractivity contribution in [3.63, 3.8) is 0 Å².